The number of nitrogens with zero attached hydrogens (tertiary/aromatic N) is 1. The Bertz CT molecular complexity index is 796. The van der Waals surface area contributed by atoms with E-state index in [1.54, 1.807) is 0 Å². The van der Waals surface area contributed by atoms with Crippen molar-refractivity contribution in [1.82, 2.24) is 0 Å². The molecule has 0 N–H and O–H groups in total. The minimum absolute atomic E-state index is 0.0127. The van der Waals surface area contributed by atoms with Crippen molar-refractivity contribution in [3.63, 3.8) is 0 Å². The van der Waals surface area contributed by atoms with Crippen LogP contribution in [0, 0.1) is 5.82 Å². The highest BCUT2D eigenvalue weighted by Gasteiger charge is 2.41. The maximum absolute atomic E-state index is 13.3. The molecule has 2 aromatic rings. The van der Waals surface area contributed by atoms with Gasteiger partial charge in [-0.2, -0.15) is 13.2 Å². The lowest BCUT2D eigenvalue weighted by atomic mass is 10.1. The van der Waals surface area contributed by atoms with Gasteiger partial charge in [0.25, 0.3) is 0 Å². The van der Waals surface area contributed by atoms with E-state index in [-0.39, 0.29) is 27.9 Å². The van der Waals surface area contributed by atoms with Crippen LogP contribution < -0.4 is 4.90 Å². The van der Waals surface area contributed by atoms with Crippen molar-refractivity contribution in [3.05, 3.63) is 64.4 Å². The fourth-order valence-corrected chi connectivity index (χ4v) is 3.93. The number of amides is 1. The number of carbonyl (C=O) groups excluding carboxylic acids is 1. The summed E-state index contributed by atoms with van der Waals surface area (Å²) in [4.78, 5) is 13.4. The molecule has 1 fully saturated rings. The molecule has 1 aliphatic rings. The first-order valence-electron chi connectivity index (χ1n) is 6.84. The summed E-state index contributed by atoms with van der Waals surface area (Å²) in [6.45, 7) is 0. The van der Waals surface area contributed by atoms with Crippen LogP contribution in [-0.2, 0) is 11.0 Å². The van der Waals surface area contributed by atoms with Crippen LogP contribution in [0.25, 0.3) is 0 Å². The predicted molar refractivity (Wildman–Crippen MR) is 85.5 cm³/mol. The monoisotopic (exact) mass is 375 g/mol. The van der Waals surface area contributed by atoms with Crippen LogP contribution >= 0.6 is 23.4 Å². The molecule has 3 rings (SSSR count). The second kappa shape index (κ2) is 6.29. The topological polar surface area (TPSA) is 20.3 Å². The van der Waals surface area contributed by atoms with E-state index in [1.165, 1.54) is 35.2 Å². The lowest BCUT2D eigenvalue weighted by molar-refractivity contribution is -0.138. The molecule has 0 bridgehead atoms. The van der Waals surface area contributed by atoms with Crippen LogP contribution in [-0.4, -0.2) is 11.7 Å². The summed E-state index contributed by atoms with van der Waals surface area (Å²) in [5.74, 6) is -0.983. The second-order valence-corrected chi connectivity index (χ2v) is 6.59. The van der Waals surface area contributed by atoms with Crippen molar-refractivity contribution in [2.75, 3.05) is 10.7 Å². The average Bonchev–Trinajstić information content (AvgIpc) is 2.91. The zero-order valence-corrected chi connectivity index (χ0v) is 13.6. The number of anilines is 1. The van der Waals surface area contributed by atoms with Gasteiger partial charge in [-0.05, 0) is 29.8 Å². The van der Waals surface area contributed by atoms with E-state index >= 15 is 0 Å². The van der Waals surface area contributed by atoms with Gasteiger partial charge in [-0.25, -0.2) is 4.39 Å². The molecule has 1 atom stereocenters. The fraction of sp³-hybridized carbons (Fsp3) is 0.188. The number of alkyl halides is 3. The Hall–Kier alpha value is -1.73. The zero-order valence-electron chi connectivity index (χ0n) is 12.0. The summed E-state index contributed by atoms with van der Waals surface area (Å²) in [7, 11) is 0. The minimum Gasteiger partial charge on any atom is -0.295 e. The SMILES string of the molecule is O=C1CSC(c2ccccc2C(F)(F)F)N1c1ccc(F)c(Cl)c1. The summed E-state index contributed by atoms with van der Waals surface area (Å²) in [5.41, 5.74) is -0.546. The van der Waals surface area contributed by atoms with E-state index in [0.717, 1.165) is 23.9 Å². The molecule has 126 valence electrons. The Balaban J connectivity index is 2.08. The number of thioether (sulfide) groups is 1. The van der Waals surface area contributed by atoms with E-state index < -0.39 is 22.9 Å². The summed E-state index contributed by atoms with van der Waals surface area (Å²) < 4.78 is 53.1. The number of hydrogen-bond donors (Lipinski definition) is 0. The van der Waals surface area contributed by atoms with Gasteiger partial charge < -0.3 is 0 Å². The molecular formula is C16H10ClF4NOS. The highest BCUT2D eigenvalue weighted by Crippen LogP contribution is 2.46. The third-order valence-corrected chi connectivity index (χ3v) is 5.07. The number of carbonyl (C=O) groups is 1. The highest BCUT2D eigenvalue weighted by molar-refractivity contribution is 8.00. The molecule has 1 aliphatic heterocycles. The lowest BCUT2D eigenvalue weighted by Gasteiger charge is -2.26. The van der Waals surface area contributed by atoms with Crippen LogP contribution in [0.15, 0.2) is 42.5 Å². The Morgan fingerprint density at radius 3 is 2.54 bits per heavy atom. The maximum Gasteiger partial charge on any atom is 0.416 e. The summed E-state index contributed by atoms with van der Waals surface area (Å²) >= 11 is 6.82. The van der Waals surface area contributed by atoms with Crippen molar-refractivity contribution in [3.8, 4) is 0 Å². The Morgan fingerprint density at radius 1 is 1.17 bits per heavy atom. The van der Waals surface area contributed by atoms with Crippen molar-refractivity contribution < 1.29 is 22.4 Å². The first-order valence-corrected chi connectivity index (χ1v) is 8.26. The van der Waals surface area contributed by atoms with Gasteiger partial charge in [0, 0.05) is 5.69 Å². The van der Waals surface area contributed by atoms with Gasteiger partial charge in [-0.15, -0.1) is 11.8 Å². The maximum atomic E-state index is 13.3. The van der Waals surface area contributed by atoms with E-state index in [1.807, 2.05) is 0 Å². The summed E-state index contributed by atoms with van der Waals surface area (Å²) in [6.07, 6.45) is -4.53. The van der Waals surface area contributed by atoms with Crippen LogP contribution in [0.3, 0.4) is 0 Å². The van der Waals surface area contributed by atoms with Crippen molar-refractivity contribution >= 4 is 35.0 Å². The van der Waals surface area contributed by atoms with Gasteiger partial charge in [-0.1, -0.05) is 29.8 Å². The first kappa shape index (κ1) is 17.1. The molecule has 0 spiro atoms. The molecule has 0 saturated carbocycles. The van der Waals surface area contributed by atoms with Crippen molar-refractivity contribution in [2.24, 2.45) is 0 Å². The molecule has 1 heterocycles. The van der Waals surface area contributed by atoms with Gasteiger partial charge in [0.1, 0.15) is 11.2 Å². The smallest absolute Gasteiger partial charge is 0.295 e. The first-order chi connectivity index (χ1) is 11.3. The Labute approximate surface area is 144 Å². The molecule has 24 heavy (non-hydrogen) atoms. The standard InChI is InChI=1S/C16H10ClF4NOS/c17-12-7-9(5-6-13(12)18)22-14(23)8-24-15(22)10-3-1-2-4-11(10)16(19,20)21/h1-7,15H,8H2. The van der Waals surface area contributed by atoms with Crippen LogP contribution in [0.2, 0.25) is 5.02 Å². The third kappa shape index (κ3) is 3.10. The van der Waals surface area contributed by atoms with Gasteiger partial charge in [0.05, 0.1) is 16.3 Å². The van der Waals surface area contributed by atoms with Gasteiger partial charge in [0.2, 0.25) is 5.91 Å². The van der Waals surface area contributed by atoms with Gasteiger partial charge >= 0.3 is 6.18 Å². The fourth-order valence-electron chi connectivity index (χ4n) is 2.54. The minimum atomic E-state index is -4.53. The third-order valence-electron chi connectivity index (χ3n) is 3.58. The van der Waals surface area contributed by atoms with E-state index in [0.29, 0.717) is 0 Å². The molecule has 0 radical (unpaired) electrons. The normalized spacial score (nSPS) is 18.3. The number of hydrogen-bond acceptors (Lipinski definition) is 2. The number of halogens is 5. The molecule has 0 aromatic heterocycles. The van der Waals surface area contributed by atoms with E-state index in [9.17, 15) is 22.4 Å². The van der Waals surface area contributed by atoms with E-state index in [2.05, 4.69) is 0 Å². The van der Waals surface area contributed by atoms with Crippen molar-refractivity contribution in [2.45, 2.75) is 11.6 Å². The van der Waals surface area contributed by atoms with Crippen molar-refractivity contribution in [1.29, 1.82) is 0 Å². The highest BCUT2D eigenvalue weighted by atomic mass is 35.5. The van der Waals surface area contributed by atoms with E-state index in [4.69, 9.17) is 11.6 Å². The Kier molecular flexibility index (Phi) is 4.48. The number of benzene rings is 2. The molecule has 2 aromatic carbocycles. The van der Waals surface area contributed by atoms with Crippen LogP contribution in [0.4, 0.5) is 23.2 Å². The average molecular weight is 376 g/mol. The largest absolute Gasteiger partial charge is 0.416 e. The zero-order chi connectivity index (χ0) is 17.5. The van der Waals surface area contributed by atoms with Crippen LogP contribution in [0.1, 0.15) is 16.5 Å². The van der Waals surface area contributed by atoms with Gasteiger partial charge in [-0.3, -0.25) is 9.69 Å². The molecule has 1 saturated heterocycles. The quantitative estimate of drug-likeness (QED) is 0.666. The van der Waals surface area contributed by atoms with Crippen LogP contribution in [0.5, 0.6) is 0 Å². The molecule has 0 aliphatic carbocycles. The molecular weight excluding hydrogens is 366 g/mol. The molecule has 2 nitrogen and oxygen atoms in total. The summed E-state index contributed by atoms with van der Waals surface area (Å²) in [5, 5.41) is -1.04. The van der Waals surface area contributed by atoms with Gasteiger partial charge in [0.15, 0.2) is 0 Å². The molecule has 1 amide bonds. The second-order valence-electron chi connectivity index (χ2n) is 5.11. The summed E-state index contributed by atoms with van der Waals surface area (Å²) in [6, 6.07) is 8.76. The Morgan fingerprint density at radius 2 is 1.88 bits per heavy atom. The lowest BCUT2D eigenvalue weighted by Crippen LogP contribution is -2.29. The number of rotatable bonds is 2. The molecule has 8 heteroatoms. The predicted octanol–water partition coefficient (Wildman–Crippen LogP) is 5.28. The molecule has 1 unspecified atom stereocenters.